The van der Waals surface area contributed by atoms with Gasteiger partial charge in [0.2, 0.25) is 5.91 Å². The van der Waals surface area contributed by atoms with Crippen LogP contribution >= 0.6 is 27.3 Å². The Kier molecular flexibility index (Phi) is 3.86. The molecule has 0 atom stereocenters. The van der Waals surface area contributed by atoms with Gasteiger partial charge in [-0.05, 0) is 33.6 Å². The summed E-state index contributed by atoms with van der Waals surface area (Å²) < 4.78 is 13.5. The Bertz CT molecular complexity index is 527. The average Bonchev–Trinajstić information content (AvgIpc) is 2.67. The number of rotatable bonds is 3. The zero-order valence-electron chi connectivity index (χ0n) is 8.61. The summed E-state index contributed by atoms with van der Waals surface area (Å²) in [7, 11) is 0. The Labute approximate surface area is 110 Å². The molecule has 3 nitrogen and oxygen atoms in total. The maximum Gasteiger partial charge on any atom is 0.230 e. The molecule has 6 heteroatoms. The molecule has 0 saturated heterocycles. The molecule has 0 fully saturated rings. The molecule has 88 valence electrons. The number of hydrogen-bond acceptors (Lipinski definition) is 3. The molecule has 0 spiro atoms. The maximum absolute atomic E-state index is 12.7. The molecule has 0 unspecified atom stereocenters. The second kappa shape index (κ2) is 5.37. The molecule has 2 aromatic rings. The van der Waals surface area contributed by atoms with E-state index in [1.54, 1.807) is 18.3 Å². The van der Waals surface area contributed by atoms with Crippen molar-refractivity contribution in [3.63, 3.8) is 0 Å². The standard InChI is InChI=1S/C11H8BrFN2OS/c12-9-6-14-11(17-9)15-10(16)5-7-1-3-8(13)4-2-7/h1-4,6H,5H2,(H,14,15,16). The van der Waals surface area contributed by atoms with Crippen molar-refractivity contribution < 1.29 is 9.18 Å². The van der Waals surface area contributed by atoms with Crippen molar-refractivity contribution in [2.45, 2.75) is 6.42 Å². The average molecular weight is 315 g/mol. The number of anilines is 1. The second-order valence-electron chi connectivity index (χ2n) is 3.32. The number of nitrogens with zero attached hydrogens (tertiary/aromatic N) is 1. The topological polar surface area (TPSA) is 42.0 Å². The van der Waals surface area contributed by atoms with Gasteiger partial charge in [-0.1, -0.05) is 23.5 Å². The minimum atomic E-state index is -0.307. The summed E-state index contributed by atoms with van der Waals surface area (Å²) >= 11 is 4.60. The SMILES string of the molecule is O=C(Cc1ccc(F)cc1)Nc1ncc(Br)s1. The molecule has 0 aliphatic heterocycles. The molecule has 2 rings (SSSR count). The van der Waals surface area contributed by atoms with Gasteiger partial charge in [0.05, 0.1) is 16.4 Å². The third-order valence-electron chi connectivity index (χ3n) is 2.00. The minimum absolute atomic E-state index is 0.168. The molecule has 0 radical (unpaired) electrons. The largest absolute Gasteiger partial charge is 0.302 e. The van der Waals surface area contributed by atoms with Crippen LogP contribution in [0.4, 0.5) is 9.52 Å². The lowest BCUT2D eigenvalue weighted by atomic mass is 10.1. The first kappa shape index (κ1) is 12.2. The van der Waals surface area contributed by atoms with Crippen molar-refractivity contribution in [2.75, 3.05) is 5.32 Å². The highest BCUT2D eigenvalue weighted by molar-refractivity contribution is 9.11. The zero-order chi connectivity index (χ0) is 12.3. The molecular weight excluding hydrogens is 307 g/mol. The van der Waals surface area contributed by atoms with Gasteiger partial charge >= 0.3 is 0 Å². The second-order valence-corrected chi connectivity index (χ2v) is 5.73. The summed E-state index contributed by atoms with van der Waals surface area (Å²) in [6.07, 6.45) is 1.83. The van der Waals surface area contributed by atoms with Crippen LogP contribution in [0.25, 0.3) is 0 Å². The van der Waals surface area contributed by atoms with E-state index in [-0.39, 0.29) is 18.1 Å². The van der Waals surface area contributed by atoms with Crippen molar-refractivity contribution >= 4 is 38.3 Å². The van der Waals surface area contributed by atoms with Gasteiger partial charge in [-0.2, -0.15) is 0 Å². The Hall–Kier alpha value is -1.27. The van der Waals surface area contributed by atoms with E-state index in [2.05, 4.69) is 26.2 Å². The fourth-order valence-corrected chi connectivity index (χ4v) is 2.39. The Morgan fingerprint density at radius 1 is 1.41 bits per heavy atom. The predicted octanol–water partition coefficient (Wildman–Crippen LogP) is 3.23. The highest BCUT2D eigenvalue weighted by Crippen LogP contribution is 2.23. The van der Waals surface area contributed by atoms with Crippen LogP contribution in [0, 0.1) is 5.82 Å². The van der Waals surface area contributed by atoms with E-state index < -0.39 is 0 Å². The Morgan fingerprint density at radius 2 is 2.12 bits per heavy atom. The molecule has 0 aliphatic carbocycles. The van der Waals surface area contributed by atoms with Crippen LogP contribution in [0.1, 0.15) is 5.56 Å². The maximum atomic E-state index is 12.7. The lowest BCUT2D eigenvalue weighted by Crippen LogP contribution is -2.14. The van der Waals surface area contributed by atoms with E-state index in [1.165, 1.54) is 23.5 Å². The van der Waals surface area contributed by atoms with Gasteiger partial charge in [-0.15, -0.1) is 0 Å². The molecule has 1 heterocycles. The lowest BCUT2D eigenvalue weighted by molar-refractivity contribution is -0.115. The monoisotopic (exact) mass is 314 g/mol. The van der Waals surface area contributed by atoms with Crippen LogP contribution < -0.4 is 5.32 Å². The third-order valence-corrected chi connectivity index (χ3v) is 3.39. The Morgan fingerprint density at radius 3 is 2.71 bits per heavy atom. The number of carbonyl (C=O) groups excluding carboxylic acids is 1. The molecule has 0 saturated carbocycles. The number of carbonyl (C=O) groups is 1. The fraction of sp³-hybridized carbons (Fsp3) is 0.0909. The molecule has 0 bridgehead atoms. The number of hydrogen-bond donors (Lipinski definition) is 1. The van der Waals surface area contributed by atoms with Gasteiger partial charge in [0.1, 0.15) is 5.82 Å². The van der Waals surface area contributed by atoms with Gasteiger partial charge in [0.25, 0.3) is 0 Å². The summed E-state index contributed by atoms with van der Waals surface area (Å²) in [6, 6.07) is 5.85. The molecule has 0 aliphatic rings. The van der Waals surface area contributed by atoms with Crippen LogP contribution in [0.5, 0.6) is 0 Å². The first-order chi connectivity index (χ1) is 8.13. The zero-order valence-corrected chi connectivity index (χ0v) is 11.0. The minimum Gasteiger partial charge on any atom is -0.302 e. The van der Waals surface area contributed by atoms with Crippen LogP contribution in [0.2, 0.25) is 0 Å². The summed E-state index contributed by atoms with van der Waals surface area (Å²) in [4.78, 5) is 15.6. The summed E-state index contributed by atoms with van der Waals surface area (Å²) in [5.74, 6) is -0.475. The van der Waals surface area contributed by atoms with Crippen molar-refractivity contribution in [1.29, 1.82) is 0 Å². The first-order valence-electron chi connectivity index (χ1n) is 4.79. The van der Waals surface area contributed by atoms with Crippen LogP contribution in [0.15, 0.2) is 34.2 Å². The number of benzene rings is 1. The number of nitrogens with one attached hydrogen (secondary N) is 1. The summed E-state index contributed by atoms with van der Waals surface area (Å²) in [6.45, 7) is 0. The normalized spacial score (nSPS) is 10.2. The van der Waals surface area contributed by atoms with E-state index in [0.717, 1.165) is 9.35 Å². The molecule has 1 aromatic heterocycles. The number of thiazole rings is 1. The summed E-state index contributed by atoms with van der Waals surface area (Å²) in [5, 5.41) is 3.22. The van der Waals surface area contributed by atoms with Crippen molar-refractivity contribution in [2.24, 2.45) is 0 Å². The van der Waals surface area contributed by atoms with Gasteiger partial charge in [-0.25, -0.2) is 9.37 Å². The molecule has 1 N–H and O–H groups in total. The van der Waals surface area contributed by atoms with Crippen molar-refractivity contribution in [3.05, 3.63) is 45.6 Å². The van der Waals surface area contributed by atoms with Gasteiger partial charge in [0.15, 0.2) is 5.13 Å². The first-order valence-corrected chi connectivity index (χ1v) is 6.40. The van der Waals surface area contributed by atoms with Gasteiger partial charge < -0.3 is 5.32 Å². The van der Waals surface area contributed by atoms with E-state index in [4.69, 9.17) is 0 Å². The van der Waals surface area contributed by atoms with Gasteiger partial charge in [-0.3, -0.25) is 4.79 Å². The van der Waals surface area contributed by atoms with Crippen molar-refractivity contribution in [1.82, 2.24) is 4.98 Å². The highest BCUT2D eigenvalue weighted by Gasteiger charge is 2.06. The Balaban J connectivity index is 1.95. The van der Waals surface area contributed by atoms with Crippen molar-refractivity contribution in [3.8, 4) is 0 Å². The van der Waals surface area contributed by atoms with E-state index in [9.17, 15) is 9.18 Å². The number of aromatic nitrogens is 1. The third kappa shape index (κ3) is 3.61. The van der Waals surface area contributed by atoms with Crippen LogP contribution in [-0.4, -0.2) is 10.9 Å². The quantitative estimate of drug-likeness (QED) is 0.945. The van der Waals surface area contributed by atoms with Gasteiger partial charge in [0, 0.05) is 0 Å². The molecule has 1 aromatic carbocycles. The van der Waals surface area contributed by atoms with E-state index in [1.807, 2.05) is 0 Å². The van der Waals surface area contributed by atoms with Crippen LogP contribution in [-0.2, 0) is 11.2 Å². The smallest absolute Gasteiger partial charge is 0.230 e. The molecular formula is C11H8BrFN2OS. The van der Waals surface area contributed by atoms with E-state index >= 15 is 0 Å². The van der Waals surface area contributed by atoms with E-state index in [0.29, 0.717) is 5.13 Å². The highest BCUT2D eigenvalue weighted by atomic mass is 79.9. The predicted molar refractivity (Wildman–Crippen MR) is 68.5 cm³/mol. The molecule has 1 amide bonds. The fourth-order valence-electron chi connectivity index (χ4n) is 1.26. The summed E-state index contributed by atoms with van der Waals surface area (Å²) in [5.41, 5.74) is 0.763. The lowest BCUT2D eigenvalue weighted by Gasteiger charge is -2.01. The molecule has 17 heavy (non-hydrogen) atoms. The van der Waals surface area contributed by atoms with Crippen LogP contribution in [0.3, 0.4) is 0 Å². The number of amides is 1. The number of halogens is 2.